The van der Waals surface area contributed by atoms with E-state index in [1.165, 1.54) is 5.56 Å². The van der Waals surface area contributed by atoms with Crippen molar-refractivity contribution in [1.29, 1.82) is 0 Å². The van der Waals surface area contributed by atoms with Gasteiger partial charge >= 0.3 is 0 Å². The molecule has 2 rings (SSSR count). The van der Waals surface area contributed by atoms with Gasteiger partial charge in [-0.05, 0) is 57.0 Å². The van der Waals surface area contributed by atoms with Crippen LogP contribution in [0.2, 0.25) is 5.02 Å². The fourth-order valence-electron chi connectivity index (χ4n) is 3.76. The van der Waals surface area contributed by atoms with Crippen LogP contribution < -0.4 is 16.0 Å². The molecule has 170 valence electrons. The van der Waals surface area contributed by atoms with Gasteiger partial charge in [-0.2, -0.15) is 0 Å². The molecule has 1 aliphatic heterocycles. The van der Waals surface area contributed by atoms with Crippen molar-refractivity contribution in [2.75, 3.05) is 53.5 Å². The molecule has 0 radical (unpaired) electrons. The molecule has 9 heteroatoms. The summed E-state index contributed by atoms with van der Waals surface area (Å²) in [6.45, 7) is 5.67. The smallest absolute Gasteiger partial charge is 0.241 e. The van der Waals surface area contributed by atoms with E-state index in [9.17, 15) is 4.79 Å². The molecule has 1 aliphatic rings. The summed E-state index contributed by atoms with van der Waals surface area (Å²) >= 11 is 6.24. The van der Waals surface area contributed by atoms with E-state index in [2.05, 4.69) is 45.0 Å². The van der Waals surface area contributed by atoms with E-state index in [0.717, 1.165) is 37.5 Å². The Kier molecular flexibility index (Phi) is 13.3. The predicted molar refractivity (Wildman–Crippen MR) is 134 cm³/mol. The zero-order chi connectivity index (χ0) is 21.1. The standard InChI is InChI=1S/C21H34ClN5O2.HI/c1-4-23-21(26-15-19(28)24-10-12-29-3)25-14-17-8-6-11-27(2)20(17)16-7-5-9-18(22)13-16;/h5,7,9,13,17,20H,4,6,8,10-12,14-15H2,1-3H3,(H,24,28)(H2,23,25,26);1H. The Morgan fingerprint density at radius 3 is 2.83 bits per heavy atom. The Balaban J connectivity index is 0.00000450. The number of methoxy groups -OCH3 is 1. The highest BCUT2D eigenvalue weighted by atomic mass is 127. The zero-order valence-corrected chi connectivity index (χ0v) is 21.2. The lowest BCUT2D eigenvalue weighted by Gasteiger charge is -2.40. The molecule has 7 nitrogen and oxygen atoms in total. The molecule has 1 amide bonds. The fraction of sp³-hybridized carbons (Fsp3) is 0.619. The number of nitrogens with zero attached hydrogens (tertiary/aromatic N) is 2. The monoisotopic (exact) mass is 551 g/mol. The maximum atomic E-state index is 11.9. The first-order valence-electron chi connectivity index (χ1n) is 10.3. The summed E-state index contributed by atoms with van der Waals surface area (Å²) in [6.07, 6.45) is 2.29. The van der Waals surface area contributed by atoms with Gasteiger partial charge in [0.05, 0.1) is 6.61 Å². The third kappa shape index (κ3) is 8.95. The summed E-state index contributed by atoms with van der Waals surface area (Å²) in [5.41, 5.74) is 1.24. The van der Waals surface area contributed by atoms with Crippen molar-refractivity contribution < 1.29 is 9.53 Å². The molecule has 1 fully saturated rings. The Labute approximate surface area is 202 Å². The Hall–Kier alpha value is -1.10. The van der Waals surface area contributed by atoms with Crippen molar-refractivity contribution in [2.24, 2.45) is 10.9 Å². The second-order valence-electron chi connectivity index (χ2n) is 7.30. The SMILES string of the molecule is CCNC(=NCC(=O)NCCOC)NCC1CCCN(C)C1c1cccc(Cl)c1.I. The Bertz CT molecular complexity index is 677. The number of aliphatic imine (C=N–C) groups is 1. The van der Waals surface area contributed by atoms with Crippen molar-refractivity contribution >= 4 is 47.4 Å². The molecule has 0 saturated carbocycles. The second kappa shape index (κ2) is 14.8. The van der Waals surface area contributed by atoms with E-state index in [1.807, 2.05) is 19.1 Å². The van der Waals surface area contributed by atoms with Gasteiger partial charge in [-0.15, -0.1) is 24.0 Å². The molecule has 30 heavy (non-hydrogen) atoms. The molecule has 1 aromatic carbocycles. The number of nitrogens with one attached hydrogen (secondary N) is 3. The topological polar surface area (TPSA) is 78.0 Å². The summed E-state index contributed by atoms with van der Waals surface area (Å²) in [4.78, 5) is 18.7. The Morgan fingerprint density at radius 2 is 2.13 bits per heavy atom. The molecule has 0 aliphatic carbocycles. The highest BCUT2D eigenvalue weighted by molar-refractivity contribution is 14.0. The van der Waals surface area contributed by atoms with Crippen LogP contribution in [-0.2, 0) is 9.53 Å². The van der Waals surface area contributed by atoms with Gasteiger partial charge in [0.1, 0.15) is 6.54 Å². The van der Waals surface area contributed by atoms with E-state index < -0.39 is 0 Å². The third-order valence-corrected chi connectivity index (χ3v) is 5.32. The van der Waals surface area contributed by atoms with E-state index >= 15 is 0 Å². The summed E-state index contributed by atoms with van der Waals surface area (Å²) in [7, 11) is 3.78. The predicted octanol–water partition coefficient (Wildman–Crippen LogP) is 2.66. The first-order chi connectivity index (χ1) is 14.0. The van der Waals surface area contributed by atoms with Crippen LogP contribution in [0.4, 0.5) is 0 Å². The third-order valence-electron chi connectivity index (χ3n) is 5.08. The zero-order valence-electron chi connectivity index (χ0n) is 18.1. The van der Waals surface area contributed by atoms with Gasteiger partial charge in [0.2, 0.25) is 5.91 Å². The van der Waals surface area contributed by atoms with E-state index in [1.54, 1.807) is 7.11 Å². The van der Waals surface area contributed by atoms with Gasteiger partial charge in [-0.3, -0.25) is 9.69 Å². The maximum absolute atomic E-state index is 11.9. The van der Waals surface area contributed by atoms with Gasteiger partial charge in [-0.25, -0.2) is 4.99 Å². The number of hydrogen-bond donors (Lipinski definition) is 3. The van der Waals surface area contributed by atoms with Gasteiger partial charge < -0.3 is 20.7 Å². The van der Waals surface area contributed by atoms with Crippen molar-refractivity contribution in [2.45, 2.75) is 25.8 Å². The molecule has 2 unspecified atom stereocenters. The average molecular weight is 552 g/mol. The lowest BCUT2D eigenvalue weighted by Crippen LogP contribution is -2.45. The van der Waals surface area contributed by atoms with Gasteiger partial charge in [0, 0.05) is 37.8 Å². The summed E-state index contributed by atoms with van der Waals surface area (Å²) in [5.74, 6) is 0.965. The highest BCUT2D eigenvalue weighted by Gasteiger charge is 2.30. The molecule has 2 atom stereocenters. The average Bonchev–Trinajstić information content (AvgIpc) is 2.70. The van der Waals surface area contributed by atoms with Crippen LogP contribution in [0.1, 0.15) is 31.4 Å². The van der Waals surface area contributed by atoms with Gasteiger partial charge in [0.25, 0.3) is 0 Å². The van der Waals surface area contributed by atoms with Crippen LogP contribution in [-0.4, -0.2) is 70.3 Å². The van der Waals surface area contributed by atoms with Gasteiger partial charge in [0.15, 0.2) is 5.96 Å². The largest absolute Gasteiger partial charge is 0.383 e. The first-order valence-corrected chi connectivity index (χ1v) is 10.7. The lowest BCUT2D eigenvalue weighted by molar-refractivity contribution is -0.119. The molecular weight excluding hydrogens is 517 g/mol. The summed E-state index contributed by atoms with van der Waals surface area (Å²) < 4.78 is 4.94. The van der Waals surface area contributed by atoms with Crippen molar-refractivity contribution in [3.63, 3.8) is 0 Å². The van der Waals surface area contributed by atoms with E-state index in [-0.39, 0.29) is 36.4 Å². The number of rotatable bonds is 9. The van der Waals surface area contributed by atoms with Crippen molar-refractivity contribution in [3.05, 3.63) is 34.9 Å². The molecule has 1 heterocycles. The lowest BCUT2D eigenvalue weighted by atomic mass is 9.85. The molecule has 3 N–H and O–H groups in total. The minimum Gasteiger partial charge on any atom is -0.383 e. The number of guanidine groups is 1. The minimum atomic E-state index is -0.117. The number of piperidine rings is 1. The van der Waals surface area contributed by atoms with Crippen molar-refractivity contribution in [3.8, 4) is 0 Å². The number of ether oxygens (including phenoxy) is 1. The number of halogens is 2. The van der Waals surface area contributed by atoms with Crippen LogP contribution in [0, 0.1) is 5.92 Å². The van der Waals surface area contributed by atoms with Crippen LogP contribution in [0.25, 0.3) is 0 Å². The van der Waals surface area contributed by atoms with Crippen LogP contribution in [0.3, 0.4) is 0 Å². The van der Waals surface area contributed by atoms with Gasteiger partial charge in [-0.1, -0.05) is 23.7 Å². The number of carbonyl (C=O) groups is 1. The first kappa shape index (κ1) is 26.9. The molecule has 1 saturated heterocycles. The highest BCUT2D eigenvalue weighted by Crippen LogP contribution is 2.35. The molecule has 0 aromatic heterocycles. The van der Waals surface area contributed by atoms with E-state index in [0.29, 0.717) is 31.1 Å². The molecule has 0 spiro atoms. The molecule has 0 bridgehead atoms. The van der Waals surface area contributed by atoms with Crippen LogP contribution >= 0.6 is 35.6 Å². The maximum Gasteiger partial charge on any atom is 0.241 e. The number of amides is 1. The number of likely N-dealkylation sites (tertiary alicyclic amines) is 1. The number of benzene rings is 1. The van der Waals surface area contributed by atoms with Crippen LogP contribution in [0.5, 0.6) is 0 Å². The normalized spacial score (nSPS) is 19.7. The Morgan fingerprint density at radius 1 is 1.33 bits per heavy atom. The number of hydrogen-bond acceptors (Lipinski definition) is 4. The van der Waals surface area contributed by atoms with Crippen LogP contribution in [0.15, 0.2) is 29.3 Å². The minimum absolute atomic E-state index is 0. The number of carbonyl (C=O) groups excluding carboxylic acids is 1. The molecular formula is C21H35ClIN5O2. The molecule has 1 aromatic rings. The second-order valence-corrected chi connectivity index (χ2v) is 7.74. The summed E-state index contributed by atoms with van der Waals surface area (Å²) in [6, 6.07) is 8.43. The van der Waals surface area contributed by atoms with E-state index in [4.69, 9.17) is 16.3 Å². The summed E-state index contributed by atoms with van der Waals surface area (Å²) in [5, 5.41) is 10.2. The van der Waals surface area contributed by atoms with Crippen molar-refractivity contribution in [1.82, 2.24) is 20.9 Å². The quantitative estimate of drug-likeness (QED) is 0.190. The fourth-order valence-corrected chi connectivity index (χ4v) is 3.96.